The summed E-state index contributed by atoms with van der Waals surface area (Å²) in [5.74, 6) is -0.166. The molecule has 1 aliphatic heterocycles. The van der Waals surface area contributed by atoms with Crippen LogP contribution in [0.1, 0.15) is 13.3 Å². The van der Waals surface area contributed by atoms with Gasteiger partial charge in [-0.15, -0.1) is 0 Å². The lowest BCUT2D eigenvalue weighted by molar-refractivity contribution is -0.129. The lowest BCUT2D eigenvalue weighted by Crippen LogP contribution is -2.37. The fourth-order valence-corrected chi connectivity index (χ4v) is 3.69. The molecule has 0 atom stereocenters. The van der Waals surface area contributed by atoms with E-state index in [4.69, 9.17) is 0 Å². The smallest absolute Gasteiger partial charge is 0.243 e. The zero-order valence-corrected chi connectivity index (χ0v) is 13.2. The van der Waals surface area contributed by atoms with Crippen molar-refractivity contribution in [3.05, 3.63) is 24.3 Å². The second kappa shape index (κ2) is 6.44. The van der Waals surface area contributed by atoms with E-state index in [0.29, 0.717) is 19.5 Å². The topological polar surface area (TPSA) is 69.7 Å². The first kappa shape index (κ1) is 15.8. The minimum atomic E-state index is -3.62. The second-order valence-electron chi connectivity index (χ2n) is 5.06. The summed E-state index contributed by atoms with van der Waals surface area (Å²) in [5, 5.41) is 3.12. The number of amides is 1. The predicted octanol–water partition coefficient (Wildman–Crippen LogP) is 0.971. The number of hydrogen-bond donors (Lipinski definition) is 1. The SMILES string of the molecule is CCNc1ccc(S(=O)(=O)N2CCCN(C)C(=O)C2)cc1. The third kappa shape index (κ3) is 3.54. The summed E-state index contributed by atoms with van der Waals surface area (Å²) in [5.41, 5.74) is 0.878. The van der Waals surface area contributed by atoms with E-state index in [0.717, 1.165) is 12.2 Å². The Labute approximate surface area is 125 Å². The lowest BCUT2D eigenvalue weighted by Gasteiger charge is -2.19. The van der Waals surface area contributed by atoms with E-state index < -0.39 is 10.0 Å². The highest BCUT2D eigenvalue weighted by atomic mass is 32.2. The van der Waals surface area contributed by atoms with Crippen molar-refractivity contribution in [2.24, 2.45) is 0 Å². The van der Waals surface area contributed by atoms with Gasteiger partial charge in [0.1, 0.15) is 0 Å². The van der Waals surface area contributed by atoms with Crippen molar-refractivity contribution in [3.63, 3.8) is 0 Å². The van der Waals surface area contributed by atoms with Gasteiger partial charge in [-0.2, -0.15) is 4.31 Å². The van der Waals surface area contributed by atoms with Crippen LogP contribution in [0.3, 0.4) is 0 Å². The van der Waals surface area contributed by atoms with Crippen LogP contribution in [-0.2, 0) is 14.8 Å². The van der Waals surface area contributed by atoms with Crippen LogP contribution in [0.25, 0.3) is 0 Å². The van der Waals surface area contributed by atoms with E-state index in [1.807, 2.05) is 6.92 Å². The third-order valence-corrected chi connectivity index (χ3v) is 5.37. The van der Waals surface area contributed by atoms with Gasteiger partial charge in [-0.3, -0.25) is 4.79 Å². The van der Waals surface area contributed by atoms with Gasteiger partial charge >= 0.3 is 0 Å². The van der Waals surface area contributed by atoms with Gasteiger partial charge in [0, 0.05) is 32.4 Å². The molecule has 0 unspecified atom stereocenters. The lowest BCUT2D eigenvalue weighted by atomic mass is 10.3. The molecule has 1 fully saturated rings. The molecule has 1 saturated heterocycles. The van der Waals surface area contributed by atoms with Gasteiger partial charge in [0.2, 0.25) is 15.9 Å². The van der Waals surface area contributed by atoms with Crippen LogP contribution >= 0.6 is 0 Å². The summed E-state index contributed by atoms with van der Waals surface area (Å²) < 4.78 is 26.5. The first-order chi connectivity index (χ1) is 9.95. The fraction of sp³-hybridized carbons (Fsp3) is 0.500. The van der Waals surface area contributed by atoms with Crippen molar-refractivity contribution >= 4 is 21.6 Å². The molecule has 2 rings (SSSR count). The zero-order chi connectivity index (χ0) is 15.5. The normalized spacial score (nSPS) is 17.6. The highest BCUT2D eigenvalue weighted by Crippen LogP contribution is 2.20. The van der Waals surface area contributed by atoms with Gasteiger partial charge in [-0.05, 0) is 37.6 Å². The van der Waals surface area contributed by atoms with Crippen LogP contribution in [-0.4, -0.2) is 56.8 Å². The largest absolute Gasteiger partial charge is 0.385 e. The molecule has 1 amide bonds. The highest BCUT2D eigenvalue weighted by molar-refractivity contribution is 7.89. The number of benzene rings is 1. The van der Waals surface area contributed by atoms with E-state index in [-0.39, 0.29) is 17.3 Å². The molecule has 1 heterocycles. The maximum Gasteiger partial charge on any atom is 0.243 e. The first-order valence-electron chi connectivity index (χ1n) is 7.03. The van der Waals surface area contributed by atoms with Crippen LogP contribution in [0, 0.1) is 0 Å². The molecule has 1 N–H and O–H groups in total. The quantitative estimate of drug-likeness (QED) is 0.899. The monoisotopic (exact) mass is 311 g/mol. The minimum Gasteiger partial charge on any atom is -0.385 e. The van der Waals surface area contributed by atoms with Crippen LogP contribution in [0.5, 0.6) is 0 Å². The molecule has 7 heteroatoms. The Balaban J connectivity index is 2.22. The van der Waals surface area contributed by atoms with E-state index in [1.165, 1.54) is 4.31 Å². The maximum absolute atomic E-state index is 12.6. The summed E-state index contributed by atoms with van der Waals surface area (Å²) in [6.45, 7) is 3.62. The number of likely N-dealkylation sites (N-methyl/N-ethyl adjacent to an activating group) is 1. The second-order valence-corrected chi connectivity index (χ2v) is 7.00. The Morgan fingerprint density at radius 3 is 2.48 bits per heavy atom. The molecule has 1 aliphatic rings. The summed E-state index contributed by atoms with van der Waals surface area (Å²) in [4.78, 5) is 13.6. The molecule has 0 spiro atoms. The van der Waals surface area contributed by atoms with Gasteiger partial charge < -0.3 is 10.2 Å². The van der Waals surface area contributed by atoms with Crippen molar-refractivity contribution < 1.29 is 13.2 Å². The number of carbonyl (C=O) groups is 1. The minimum absolute atomic E-state index is 0.0895. The number of sulfonamides is 1. The Bertz CT molecular complexity index is 598. The van der Waals surface area contributed by atoms with Crippen LogP contribution < -0.4 is 5.32 Å². The highest BCUT2D eigenvalue weighted by Gasteiger charge is 2.29. The third-order valence-electron chi connectivity index (χ3n) is 3.51. The Kier molecular flexibility index (Phi) is 4.84. The summed E-state index contributed by atoms with van der Waals surface area (Å²) in [6.07, 6.45) is 0.650. The summed E-state index contributed by atoms with van der Waals surface area (Å²) in [7, 11) is -1.92. The molecule has 6 nitrogen and oxygen atoms in total. The van der Waals surface area contributed by atoms with Crippen LogP contribution in [0.4, 0.5) is 5.69 Å². The van der Waals surface area contributed by atoms with Gasteiger partial charge in [0.25, 0.3) is 0 Å². The molecule has 0 bridgehead atoms. The van der Waals surface area contributed by atoms with Crippen molar-refractivity contribution in [3.8, 4) is 0 Å². The first-order valence-corrected chi connectivity index (χ1v) is 8.47. The molecule has 0 aliphatic carbocycles. The number of anilines is 1. The summed E-state index contributed by atoms with van der Waals surface area (Å²) in [6, 6.07) is 6.63. The molecular formula is C14H21N3O3S. The predicted molar refractivity (Wildman–Crippen MR) is 81.6 cm³/mol. The number of nitrogens with one attached hydrogen (secondary N) is 1. The van der Waals surface area contributed by atoms with E-state index >= 15 is 0 Å². The Morgan fingerprint density at radius 2 is 1.86 bits per heavy atom. The van der Waals surface area contributed by atoms with Gasteiger partial charge in [0.05, 0.1) is 11.4 Å². The maximum atomic E-state index is 12.6. The molecular weight excluding hydrogens is 290 g/mol. The average molecular weight is 311 g/mol. The Hall–Kier alpha value is -1.60. The fourth-order valence-electron chi connectivity index (χ4n) is 2.26. The number of hydrogen-bond acceptors (Lipinski definition) is 4. The number of rotatable bonds is 4. The van der Waals surface area contributed by atoms with Crippen molar-refractivity contribution in [1.29, 1.82) is 0 Å². The van der Waals surface area contributed by atoms with Gasteiger partial charge in [0.15, 0.2) is 0 Å². The molecule has 1 aromatic carbocycles. The van der Waals surface area contributed by atoms with Gasteiger partial charge in [-0.25, -0.2) is 8.42 Å². The number of carbonyl (C=O) groups excluding carboxylic acids is 1. The number of nitrogens with zero attached hydrogens (tertiary/aromatic N) is 2. The molecule has 1 aromatic rings. The van der Waals surface area contributed by atoms with Crippen LogP contribution in [0.15, 0.2) is 29.2 Å². The van der Waals surface area contributed by atoms with Crippen molar-refractivity contribution in [2.75, 3.05) is 38.5 Å². The van der Waals surface area contributed by atoms with Crippen LogP contribution in [0.2, 0.25) is 0 Å². The summed E-state index contributed by atoms with van der Waals surface area (Å²) >= 11 is 0. The molecule has 116 valence electrons. The molecule has 21 heavy (non-hydrogen) atoms. The molecule has 0 aromatic heterocycles. The molecule has 0 saturated carbocycles. The van der Waals surface area contributed by atoms with Crippen molar-refractivity contribution in [1.82, 2.24) is 9.21 Å². The van der Waals surface area contributed by atoms with Crippen molar-refractivity contribution in [2.45, 2.75) is 18.2 Å². The standard InChI is InChI=1S/C14H21N3O3S/c1-3-15-12-5-7-13(8-6-12)21(19,20)17-10-4-9-16(2)14(18)11-17/h5-8,15H,3-4,9-11H2,1-2H3. The van der Waals surface area contributed by atoms with E-state index in [1.54, 1.807) is 36.2 Å². The molecule has 0 radical (unpaired) electrons. The van der Waals surface area contributed by atoms with E-state index in [9.17, 15) is 13.2 Å². The van der Waals surface area contributed by atoms with E-state index in [2.05, 4.69) is 5.32 Å². The zero-order valence-electron chi connectivity index (χ0n) is 12.4. The Morgan fingerprint density at radius 1 is 1.19 bits per heavy atom. The van der Waals surface area contributed by atoms with Gasteiger partial charge in [-0.1, -0.05) is 0 Å². The average Bonchev–Trinajstić information content (AvgIpc) is 2.63.